The molecule has 1 rings (SSSR count). The number of nitrogens with zero attached hydrogens (tertiary/aromatic N) is 1. The van der Waals surface area contributed by atoms with Crippen LogP contribution < -0.4 is 5.32 Å². The number of H-pyrrole nitrogens is 1. The summed E-state index contributed by atoms with van der Waals surface area (Å²) in [6.07, 6.45) is 0.570. The second kappa shape index (κ2) is 6.36. The molecule has 1 amide bonds. The number of hydrogen-bond donors (Lipinski definition) is 3. The van der Waals surface area contributed by atoms with Gasteiger partial charge < -0.3 is 10.4 Å². The monoisotopic (exact) mass is 267 g/mol. The molecule has 0 spiro atoms. The van der Waals surface area contributed by atoms with E-state index in [1.54, 1.807) is 0 Å². The number of hydrogen-bond acceptors (Lipinski definition) is 3. The van der Waals surface area contributed by atoms with Crippen LogP contribution in [0.1, 0.15) is 37.2 Å². The van der Waals surface area contributed by atoms with Crippen molar-refractivity contribution in [2.75, 3.05) is 0 Å². The number of aromatic nitrogens is 2. The second-order valence-corrected chi connectivity index (χ2v) is 5.18. The molecule has 0 saturated carbocycles. The summed E-state index contributed by atoms with van der Waals surface area (Å²) in [6.45, 7) is 7.50. The third-order valence-corrected chi connectivity index (χ3v) is 2.96. The normalized spacial score (nSPS) is 12.5. The highest BCUT2D eigenvalue weighted by Gasteiger charge is 2.22. The molecule has 6 nitrogen and oxygen atoms in total. The summed E-state index contributed by atoms with van der Waals surface area (Å²) in [6, 6.07) is -0.833. The minimum atomic E-state index is -0.998. The van der Waals surface area contributed by atoms with Crippen LogP contribution in [0.3, 0.4) is 0 Å². The summed E-state index contributed by atoms with van der Waals surface area (Å²) in [5.41, 5.74) is 2.43. The zero-order valence-electron chi connectivity index (χ0n) is 11.8. The number of aromatic amines is 1. The van der Waals surface area contributed by atoms with Gasteiger partial charge in [0.25, 0.3) is 0 Å². The molecule has 0 aliphatic heterocycles. The van der Waals surface area contributed by atoms with Crippen LogP contribution in [0, 0.1) is 19.8 Å². The van der Waals surface area contributed by atoms with E-state index in [0.717, 1.165) is 17.0 Å². The maximum Gasteiger partial charge on any atom is 0.326 e. The Hall–Kier alpha value is -1.85. The third-order valence-electron chi connectivity index (χ3n) is 2.96. The summed E-state index contributed by atoms with van der Waals surface area (Å²) >= 11 is 0. The SMILES string of the molecule is Cc1n[nH]c(C)c1CC(=O)N[C@@H](CC(C)C)C(=O)O. The molecule has 1 heterocycles. The van der Waals surface area contributed by atoms with Gasteiger partial charge in [0.2, 0.25) is 5.91 Å². The number of carbonyl (C=O) groups is 2. The molecule has 1 atom stereocenters. The highest BCUT2D eigenvalue weighted by molar-refractivity contribution is 5.85. The quantitative estimate of drug-likeness (QED) is 0.721. The molecule has 0 bridgehead atoms. The summed E-state index contributed by atoms with van der Waals surface area (Å²) < 4.78 is 0. The van der Waals surface area contributed by atoms with Gasteiger partial charge in [-0.2, -0.15) is 5.10 Å². The molecule has 0 saturated heterocycles. The van der Waals surface area contributed by atoms with Crippen LogP contribution in [0.25, 0.3) is 0 Å². The lowest BCUT2D eigenvalue weighted by Crippen LogP contribution is -2.42. The standard InChI is InChI=1S/C13H21N3O3/c1-7(2)5-11(13(18)19)14-12(17)6-10-8(3)15-16-9(10)4/h7,11H,5-6H2,1-4H3,(H,14,17)(H,15,16)(H,18,19)/t11-/m0/s1. The molecule has 0 radical (unpaired) electrons. The fraction of sp³-hybridized carbons (Fsp3) is 0.615. The lowest BCUT2D eigenvalue weighted by Gasteiger charge is -2.16. The molecule has 0 aliphatic rings. The Morgan fingerprint density at radius 3 is 2.42 bits per heavy atom. The van der Waals surface area contributed by atoms with Crippen molar-refractivity contribution in [1.82, 2.24) is 15.5 Å². The van der Waals surface area contributed by atoms with E-state index in [2.05, 4.69) is 15.5 Å². The zero-order chi connectivity index (χ0) is 14.6. The Kier molecular flexibility index (Phi) is 5.09. The maximum absolute atomic E-state index is 11.9. The van der Waals surface area contributed by atoms with Crippen LogP contribution in [0.15, 0.2) is 0 Å². The predicted molar refractivity (Wildman–Crippen MR) is 70.8 cm³/mol. The average Bonchev–Trinajstić information content (AvgIpc) is 2.59. The van der Waals surface area contributed by atoms with Crippen LogP contribution in [-0.2, 0) is 16.0 Å². The van der Waals surface area contributed by atoms with Crippen LogP contribution in [0.5, 0.6) is 0 Å². The van der Waals surface area contributed by atoms with E-state index in [1.807, 2.05) is 27.7 Å². The van der Waals surface area contributed by atoms with Crippen molar-refractivity contribution in [3.63, 3.8) is 0 Å². The van der Waals surface area contributed by atoms with E-state index in [1.165, 1.54) is 0 Å². The topological polar surface area (TPSA) is 95.1 Å². The molecular formula is C13H21N3O3. The van der Waals surface area contributed by atoms with Crippen molar-refractivity contribution in [3.8, 4) is 0 Å². The van der Waals surface area contributed by atoms with Gasteiger partial charge in [-0.05, 0) is 26.2 Å². The van der Waals surface area contributed by atoms with E-state index < -0.39 is 12.0 Å². The predicted octanol–water partition coefficient (Wildman–Crippen LogP) is 1.18. The molecule has 0 fully saturated rings. The number of aryl methyl sites for hydroxylation is 2. The number of carbonyl (C=O) groups excluding carboxylic acids is 1. The Bertz CT molecular complexity index is 446. The van der Waals surface area contributed by atoms with E-state index >= 15 is 0 Å². The Balaban J connectivity index is 2.65. The van der Waals surface area contributed by atoms with E-state index in [9.17, 15) is 9.59 Å². The highest BCUT2D eigenvalue weighted by Crippen LogP contribution is 2.11. The number of nitrogens with one attached hydrogen (secondary N) is 2. The molecule has 0 unspecified atom stereocenters. The van der Waals surface area contributed by atoms with Crippen molar-refractivity contribution >= 4 is 11.9 Å². The number of rotatable bonds is 6. The van der Waals surface area contributed by atoms with Gasteiger partial charge in [-0.1, -0.05) is 13.8 Å². The van der Waals surface area contributed by atoms with E-state index in [-0.39, 0.29) is 18.2 Å². The van der Waals surface area contributed by atoms with Gasteiger partial charge in [0, 0.05) is 11.3 Å². The minimum Gasteiger partial charge on any atom is -0.480 e. The molecule has 1 aromatic heterocycles. The number of amides is 1. The van der Waals surface area contributed by atoms with Crippen molar-refractivity contribution in [2.45, 2.75) is 46.6 Å². The lowest BCUT2D eigenvalue weighted by atomic mass is 10.0. The van der Waals surface area contributed by atoms with E-state index in [0.29, 0.717) is 6.42 Å². The van der Waals surface area contributed by atoms with Crippen molar-refractivity contribution in [3.05, 3.63) is 17.0 Å². The largest absolute Gasteiger partial charge is 0.480 e. The van der Waals surface area contributed by atoms with Gasteiger partial charge >= 0.3 is 5.97 Å². The molecule has 6 heteroatoms. The lowest BCUT2D eigenvalue weighted by molar-refractivity contribution is -0.142. The molecule has 3 N–H and O–H groups in total. The highest BCUT2D eigenvalue weighted by atomic mass is 16.4. The van der Waals surface area contributed by atoms with E-state index in [4.69, 9.17) is 5.11 Å². The van der Waals surface area contributed by atoms with Crippen LogP contribution in [-0.4, -0.2) is 33.2 Å². The van der Waals surface area contributed by atoms with Crippen molar-refractivity contribution in [1.29, 1.82) is 0 Å². The number of carboxylic acids is 1. The van der Waals surface area contributed by atoms with Crippen molar-refractivity contribution < 1.29 is 14.7 Å². The van der Waals surface area contributed by atoms with Crippen LogP contribution in [0.2, 0.25) is 0 Å². The fourth-order valence-corrected chi connectivity index (χ4v) is 1.93. The molecule has 0 aliphatic carbocycles. The summed E-state index contributed by atoms with van der Waals surface area (Å²) in [5, 5.41) is 18.4. The van der Waals surface area contributed by atoms with Gasteiger partial charge in [-0.25, -0.2) is 4.79 Å². The Morgan fingerprint density at radius 1 is 1.37 bits per heavy atom. The summed E-state index contributed by atoms with van der Waals surface area (Å²) in [4.78, 5) is 23.0. The molecule has 19 heavy (non-hydrogen) atoms. The first-order chi connectivity index (χ1) is 8.81. The van der Waals surface area contributed by atoms with Gasteiger partial charge in [0.15, 0.2) is 0 Å². The number of carboxylic acid groups (broad SMARTS) is 1. The maximum atomic E-state index is 11.9. The Morgan fingerprint density at radius 2 is 2.00 bits per heavy atom. The fourth-order valence-electron chi connectivity index (χ4n) is 1.93. The third kappa shape index (κ3) is 4.39. The summed E-state index contributed by atoms with van der Waals surface area (Å²) in [7, 11) is 0. The van der Waals surface area contributed by atoms with Crippen molar-refractivity contribution in [2.24, 2.45) is 5.92 Å². The van der Waals surface area contributed by atoms with Gasteiger partial charge in [-0.15, -0.1) is 0 Å². The Labute approximate surface area is 112 Å². The van der Waals surface area contributed by atoms with Gasteiger partial charge in [0.1, 0.15) is 6.04 Å². The smallest absolute Gasteiger partial charge is 0.326 e. The number of aliphatic carboxylic acids is 1. The molecule has 106 valence electrons. The first kappa shape index (κ1) is 15.2. The minimum absolute atomic E-state index is 0.149. The summed E-state index contributed by atoms with van der Waals surface area (Å²) in [5.74, 6) is -1.08. The molecular weight excluding hydrogens is 246 g/mol. The first-order valence-electron chi connectivity index (χ1n) is 6.33. The van der Waals surface area contributed by atoms with Crippen LogP contribution in [0.4, 0.5) is 0 Å². The molecule has 0 aromatic carbocycles. The first-order valence-corrected chi connectivity index (χ1v) is 6.33. The van der Waals surface area contributed by atoms with Gasteiger partial charge in [0.05, 0.1) is 12.1 Å². The molecule has 1 aromatic rings. The zero-order valence-corrected chi connectivity index (χ0v) is 11.8. The van der Waals surface area contributed by atoms with Gasteiger partial charge in [-0.3, -0.25) is 9.89 Å². The second-order valence-electron chi connectivity index (χ2n) is 5.18. The average molecular weight is 267 g/mol. The van der Waals surface area contributed by atoms with Crippen LogP contribution >= 0.6 is 0 Å².